The number of ether oxygens (including phenoxy) is 2. The first-order valence-electron chi connectivity index (χ1n) is 10.1. The molecular formula is C19H38N2O5. The van der Waals surface area contributed by atoms with Crippen LogP contribution in [0.25, 0.3) is 0 Å². The second-order valence-electron chi connectivity index (χ2n) is 6.29. The van der Waals surface area contributed by atoms with Crippen LogP contribution in [0.15, 0.2) is 0 Å². The summed E-state index contributed by atoms with van der Waals surface area (Å²) >= 11 is 0. The lowest BCUT2D eigenvalue weighted by Crippen LogP contribution is -2.29. The predicted molar refractivity (Wildman–Crippen MR) is 102 cm³/mol. The van der Waals surface area contributed by atoms with Crippen molar-refractivity contribution in [1.82, 2.24) is 10.6 Å². The third-order valence-corrected chi connectivity index (χ3v) is 4.01. The first kappa shape index (κ1) is 24.7. The number of hydrogen-bond acceptors (Lipinski definition) is 4. The Morgan fingerprint density at radius 3 is 1.88 bits per heavy atom. The number of rotatable bonds is 18. The number of carbonyl (C=O) groups excluding carboxylic acids is 1. The normalized spacial score (nSPS) is 10.9. The average Bonchev–Trinajstić information content (AvgIpc) is 2.59. The Labute approximate surface area is 158 Å². The van der Waals surface area contributed by atoms with E-state index in [-0.39, 0.29) is 12.2 Å². The van der Waals surface area contributed by atoms with Gasteiger partial charge in [-0.25, -0.2) is 4.79 Å². The molecule has 0 fully saturated rings. The van der Waals surface area contributed by atoms with Gasteiger partial charge >= 0.3 is 6.09 Å². The summed E-state index contributed by atoms with van der Waals surface area (Å²) < 4.78 is 10.9. The number of carbonyl (C=O) groups is 2. The van der Waals surface area contributed by atoms with Crippen molar-refractivity contribution in [3.63, 3.8) is 0 Å². The molecule has 3 N–H and O–H groups in total. The standard InChI is InChI=1S/C19H38N2O5/c1-3-25-18(26-4-2)14-16-20-17(22)13-11-9-7-5-6-8-10-12-15-21-19(23)24/h18,21H,3-16H2,1-2H3,(H,20,22)(H,23,24). The van der Waals surface area contributed by atoms with E-state index < -0.39 is 6.09 Å². The summed E-state index contributed by atoms with van der Waals surface area (Å²) in [5.41, 5.74) is 0. The Balaban J connectivity index is 3.37. The van der Waals surface area contributed by atoms with Crippen LogP contribution in [-0.4, -0.2) is 49.7 Å². The lowest BCUT2D eigenvalue weighted by molar-refractivity contribution is -0.139. The molecule has 154 valence electrons. The third kappa shape index (κ3) is 17.5. The maximum atomic E-state index is 11.8. The first-order chi connectivity index (χ1) is 12.6. The Kier molecular flexibility index (Phi) is 17.5. The van der Waals surface area contributed by atoms with Gasteiger partial charge in [-0.05, 0) is 26.7 Å². The van der Waals surface area contributed by atoms with Crippen LogP contribution in [0, 0.1) is 0 Å². The van der Waals surface area contributed by atoms with Gasteiger partial charge in [-0.2, -0.15) is 0 Å². The minimum Gasteiger partial charge on any atom is -0.465 e. The SMILES string of the molecule is CCOC(CCNC(=O)CCCCCCCCCCNC(=O)O)OCC. The summed E-state index contributed by atoms with van der Waals surface area (Å²) in [5, 5.41) is 13.7. The monoisotopic (exact) mass is 374 g/mol. The van der Waals surface area contributed by atoms with Crippen molar-refractivity contribution in [2.75, 3.05) is 26.3 Å². The molecule has 0 unspecified atom stereocenters. The van der Waals surface area contributed by atoms with E-state index in [2.05, 4.69) is 10.6 Å². The van der Waals surface area contributed by atoms with E-state index in [0.29, 0.717) is 39.1 Å². The van der Waals surface area contributed by atoms with Crippen molar-refractivity contribution in [3.05, 3.63) is 0 Å². The second kappa shape index (κ2) is 18.5. The van der Waals surface area contributed by atoms with Crippen molar-refractivity contribution >= 4 is 12.0 Å². The van der Waals surface area contributed by atoms with Crippen molar-refractivity contribution in [3.8, 4) is 0 Å². The van der Waals surface area contributed by atoms with Crippen molar-refractivity contribution < 1.29 is 24.2 Å². The van der Waals surface area contributed by atoms with Crippen molar-refractivity contribution in [2.45, 2.75) is 84.3 Å². The Morgan fingerprint density at radius 1 is 0.808 bits per heavy atom. The molecular weight excluding hydrogens is 336 g/mol. The highest BCUT2D eigenvalue weighted by molar-refractivity contribution is 5.75. The highest BCUT2D eigenvalue weighted by Crippen LogP contribution is 2.09. The lowest BCUT2D eigenvalue weighted by Gasteiger charge is -2.16. The quantitative estimate of drug-likeness (QED) is 0.251. The molecule has 0 saturated carbocycles. The molecule has 0 aromatic heterocycles. The van der Waals surface area contributed by atoms with E-state index in [0.717, 1.165) is 38.5 Å². The second-order valence-corrected chi connectivity index (χ2v) is 6.29. The predicted octanol–water partition coefficient (Wildman–Crippen LogP) is 3.67. The average molecular weight is 375 g/mol. The Bertz CT molecular complexity index is 347. The Morgan fingerprint density at radius 2 is 1.35 bits per heavy atom. The van der Waals surface area contributed by atoms with Crippen LogP contribution in [0.5, 0.6) is 0 Å². The molecule has 0 radical (unpaired) electrons. The van der Waals surface area contributed by atoms with Gasteiger partial charge in [0.25, 0.3) is 0 Å². The van der Waals surface area contributed by atoms with Crippen LogP contribution in [0.3, 0.4) is 0 Å². The van der Waals surface area contributed by atoms with Gasteiger partial charge in [0.15, 0.2) is 6.29 Å². The lowest BCUT2D eigenvalue weighted by atomic mass is 10.1. The topological polar surface area (TPSA) is 96.9 Å². The summed E-state index contributed by atoms with van der Waals surface area (Å²) in [6.45, 7) is 6.21. The molecule has 0 aliphatic rings. The van der Waals surface area contributed by atoms with E-state index in [1.165, 1.54) is 12.8 Å². The number of unbranched alkanes of at least 4 members (excludes halogenated alkanes) is 7. The maximum absolute atomic E-state index is 11.8. The zero-order chi connectivity index (χ0) is 19.5. The summed E-state index contributed by atoms with van der Waals surface area (Å²) in [4.78, 5) is 22.1. The van der Waals surface area contributed by atoms with Gasteiger partial charge in [0.2, 0.25) is 5.91 Å². The van der Waals surface area contributed by atoms with E-state index in [4.69, 9.17) is 14.6 Å². The van der Waals surface area contributed by atoms with Gasteiger partial charge < -0.3 is 25.2 Å². The summed E-state index contributed by atoms with van der Waals surface area (Å²) in [6, 6.07) is 0. The minimum atomic E-state index is -0.947. The van der Waals surface area contributed by atoms with Crippen LogP contribution in [0.4, 0.5) is 4.79 Å². The van der Waals surface area contributed by atoms with Gasteiger partial charge in [-0.3, -0.25) is 4.79 Å². The van der Waals surface area contributed by atoms with Crippen LogP contribution in [-0.2, 0) is 14.3 Å². The zero-order valence-electron chi connectivity index (χ0n) is 16.6. The fourth-order valence-corrected chi connectivity index (χ4v) is 2.67. The summed E-state index contributed by atoms with van der Waals surface area (Å²) in [5.74, 6) is 0.0997. The van der Waals surface area contributed by atoms with E-state index in [9.17, 15) is 9.59 Å². The van der Waals surface area contributed by atoms with Crippen molar-refractivity contribution in [2.24, 2.45) is 0 Å². The van der Waals surface area contributed by atoms with Gasteiger partial charge in [0.05, 0.1) is 0 Å². The highest BCUT2D eigenvalue weighted by Gasteiger charge is 2.08. The molecule has 2 amide bonds. The molecule has 7 nitrogen and oxygen atoms in total. The fourth-order valence-electron chi connectivity index (χ4n) is 2.67. The molecule has 0 aliphatic carbocycles. The molecule has 0 aromatic rings. The van der Waals surface area contributed by atoms with Gasteiger partial charge in [-0.1, -0.05) is 38.5 Å². The maximum Gasteiger partial charge on any atom is 0.404 e. The Hall–Kier alpha value is -1.34. The van der Waals surface area contributed by atoms with Crippen molar-refractivity contribution in [1.29, 1.82) is 0 Å². The first-order valence-corrected chi connectivity index (χ1v) is 10.1. The van der Waals surface area contributed by atoms with Gasteiger partial charge in [0.1, 0.15) is 0 Å². The molecule has 0 aromatic carbocycles. The molecule has 0 rings (SSSR count). The summed E-state index contributed by atoms with van der Waals surface area (Å²) in [6.07, 6.45) is 8.69. The van der Waals surface area contributed by atoms with E-state index >= 15 is 0 Å². The number of amides is 2. The summed E-state index contributed by atoms with van der Waals surface area (Å²) in [7, 11) is 0. The van der Waals surface area contributed by atoms with Gasteiger partial charge in [0, 0.05) is 39.1 Å². The van der Waals surface area contributed by atoms with E-state index in [1.54, 1.807) is 0 Å². The molecule has 0 bridgehead atoms. The van der Waals surface area contributed by atoms with E-state index in [1.807, 2.05) is 13.8 Å². The minimum absolute atomic E-state index is 0.0997. The number of nitrogens with one attached hydrogen (secondary N) is 2. The van der Waals surface area contributed by atoms with Crippen LogP contribution in [0.2, 0.25) is 0 Å². The smallest absolute Gasteiger partial charge is 0.404 e. The zero-order valence-corrected chi connectivity index (χ0v) is 16.6. The van der Waals surface area contributed by atoms with Crippen LogP contribution < -0.4 is 10.6 Å². The van der Waals surface area contributed by atoms with Gasteiger partial charge in [-0.15, -0.1) is 0 Å². The van der Waals surface area contributed by atoms with Crippen LogP contribution in [0.1, 0.15) is 78.1 Å². The molecule has 0 atom stereocenters. The highest BCUT2D eigenvalue weighted by atomic mass is 16.7. The molecule has 0 spiro atoms. The molecule has 0 aliphatic heterocycles. The molecule has 26 heavy (non-hydrogen) atoms. The number of hydrogen-bond donors (Lipinski definition) is 3. The molecule has 7 heteroatoms. The molecule has 0 saturated heterocycles. The third-order valence-electron chi connectivity index (χ3n) is 4.01. The van der Waals surface area contributed by atoms with Crippen LogP contribution >= 0.6 is 0 Å². The fraction of sp³-hybridized carbons (Fsp3) is 0.895. The number of carboxylic acid groups (broad SMARTS) is 1. The largest absolute Gasteiger partial charge is 0.465 e. The molecule has 0 heterocycles.